The average Bonchev–Trinajstić information content (AvgIpc) is 2.92. The number of anilines is 1. The molecule has 9 heteroatoms. The van der Waals surface area contributed by atoms with E-state index in [-0.39, 0.29) is 17.3 Å². The van der Waals surface area contributed by atoms with E-state index in [4.69, 9.17) is 11.6 Å². The molecule has 0 unspecified atom stereocenters. The standard InChI is InChI=1S/C30H36ClN3O4S/c1-5-23-12-9-11-15-28(23)34(39(37,38)25-18-16-22(4)17-19-25)21-29(35)33(27(6-2)30(36)32-7-3)20-24-13-8-10-14-26(24)31/h8-19,27H,5-7,20-21H2,1-4H3,(H,32,36)/t27-/m0/s1. The quantitative estimate of drug-likeness (QED) is 0.318. The van der Waals surface area contributed by atoms with Crippen LogP contribution in [0, 0.1) is 6.92 Å². The molecule has 0 saturated carbocycles. The van der Waals surface area contributed by atoms with Crippen LogP contribution in [0.5, 0.6) is 0 Å². The van der Waals surface area contributed by atoms with Gasteiger partial charge in [-0.3, -0.25) is 13.9 Å². The summed E-state index contributed by atoms with van der Waals surface area (Å²) < 4.78 is 29.2. The second-order valence-corrected chi connectivity index (χ2v) is 11.5. The molecule has 3 aromatic rings. The Kier molecular flexibility index (Phi) is 10.5. The molecule has 208 valence electrons. The van der Waals surface area contributed by atoms with Crippen LogP contribution in [0.3, 0.4) is 0 Å². The molecule has 3 rings (SSSR count). The number of para-hydroxylation sites is 1. The Morgan fingerprint density at radius 2 is 1.51 bits per heavy atom. The highest BCUT2D eigenvalue weighted by atomic mass is 35.5. The van der Waals surface area contributed by atoms with Crippen LogP contribution >= 0.6 is 11.6 Å². The summed E-state index contributed by atoms with van der Waals surface area (Å²) >= 11 is 6.42. The lowest BCUT2D eigenvalue weighted by atomic mass is 10.1. The van der Waals surface area contributed by atoms with Crippen LogP contribution in [0.25, 0.3) is 0 Å². The summed E-state index contributed by atoms with van der Waals surface area (Å²) in [6.07, 6.45) is 0.919. The summed E-state index contributed by atoms with van der Waals surface area (Å²) in [5, 5.41) is 3.26. The minimum atomic E-state index is -4.12. The maximum atomic E-state index is 14.1. The molecule has 0 aliphatic rings. The number of halogens is 1. The zero-order valence-electron chi connectivity index (χ0n) is 22.9. The lowest BCUT2D eigenvalue weighted by Crippen LogP contribution is -2.52. The zero-order chi connectivity index (χ0) is 28.6. The van der Waals surface area contributed by atoms with Gasteiger partial charge in [0.1, 0.15) is 12.6 Å². The van der Waals surface area contributed by atoms with Crippen molar-refractivity contribution in [1.82, 2.24) is 10.2 Å². The van der Waals surface area contributed by atoms with Gasteiger partial charge in [-0.05, 0) is 62.1 Å². The first-order valence-electron chi connectivity index (χ1n) is 13.1. The number of benzene rings is 3. The fourth-order valence-corrected chi connectivity index (χ4v) is 6.07. The van der Waals surface area contributed by atoms with Gasteiger partial charge in [0.2, 0.25) is 11.8 Å². The number of rotatable bonds is 12. The number of sulfonamides is 1. The van der Waals surface area contributed by atoms with Crippen molar-refractivity contribution in [3.05, 3.63) is 94.5 Å². The maximum Gasteiger partial charge on any atom is 0.264 e. The Balaban J connectivity index is 2.11. The van der Waals surface area contributed by atoms with E-state index >= 15 is 0 Å². The van der Waals surface area contributed by atoms with Gasteiger partial charge in [0, 0.05) is 18.1 Å². The highest BCUT2D eigenvalue weighted by Gasteiger charge is 2.34. The topological polar surface area (TPSA) is 86.8 Å². The first-order valence-corrected chi connectivity index (χ1v) is 14.9. The van der Waals surface area contributed by atoms with Crippen molar-refractivity contribution in [2.75, 3.05) is 17.4 Å². The molecule has 3 aromatic carbocycles. The highest BCUT2D eigenvalue weighted by Crippen LogP contribution is 2.29. The molecule has 1 atom stereocenters. The number of nitrogens with zero attached hydrogens (tertiary/aromatic N) is 2. The molecule has 7 nitrogen and oxygen atoms in total. The number of likely N-dealkylation sites (N-methyl/N-ethyl adjacent to an activating group) is 1. The van der Waals surface area contributed by atoms with Crippen LogP contribution in [0.15, 0.2) is 77.7 Å². The van der Waals surface area contributed by atoms with Gasteiger partial charge >= 0.3 is 0 Å². The Hall–Kier alpha value is -3.36. The fourth-order valence-electron chi connectivity index (χ4n) is 4.43. The Morgan fingerprint density at radius 1 is 0.897 bits per heavy atom. The van der Waals surface area contributed by atoms with Crippen LogP contribution in [0.4, 0.5) is 5.69 Å². The lowest BCUT2D eigenvalue weighted by molar-refractivity contribution is -0.140. The maximum absolute atomic E-state index is 14.1. The van der Waals surface area contributed by atoms with Gasteiger partial charge in [-0.2, -0.15) is 0 Å². The van der Waals surface area contributed by atoms with E-state index in [1.165, 1.54) is 4.90 Å². The molecule has 0 aromatic heterocycles. The van der Waals surface area contributed by atoms with Gasteiger partial charge in [-0.15, -0.1) is 0 Å². The molecular weight excluding hydrogens is 534 g/mol. The number of hydrogen-bond donors (Lipinski definition) is 1. The van der Waals surface area contributed by atoms with Crippen LogP contribution in [0.2, 0.25) is 5.02 Å². The van der Waals surface area contributed by atoms with E-state index in [1.807, 2.05) is 45.9 Å². The van der Waals surface area contributed by atoms with Crippen molar-refractivity contribution >= 4 is 39.1 Å². The Morgan fingerprint density at radius 3 is 2.10 bits per heavy atom. The summed E-state index contributed by atoms with van der Waals surface area (Å²) in [5.41, 5.74) is 2.80. The molecule has 39 heavy (non-hydrogen) atoms. The van der Waals surface area contributed by atoms with E-state index in [9.17, 15) is 18.0 Å². The van der Waals surface area contributed by atoms with E-state index in [0.717, 1.165) is 15.4 Å². The van der Waals surface area contributed by atoms with E-state index in [0.29, 0.717) is 35.7 Å². The number of carbonyl (C=O) groups is 2. The Labute approximate surface area is 236 Å². The van der Waals surface area contributed by atoms with E-state index < -0.39 is 28.5 Å². The third-order valence-electron chi connectivity index (χ3n) is 6.56. The van der Waals surface area contributed by atoms with Gasteiger partial charge in [0.25, 0.3) is 10.0 Å². The first kappa shape index (κ1) is 30.2. The van der Waals surface area contributed by atoms with Gasteiger partial charge in [-0.1, -0.05) is 79.5 Å². The monoisotopic (exact) mass is 569 g/mol. The second kappa shape index (κ2) is 13.6. The van der Waals surface area contributed by atoms with E-state index in [2.05, 4.69) is 5.32 Å². The third kappa shape index (κ3) is 7.19. The van der Waals surface area contributed by atoms with Crippen molar-refractivity contribution in [2.24, 2.45) is 0 Å². The van der Waals surface area contributed by atoms with Crippen LogP contribution in [-0.4, -0.2) is 44.3 Å². The molecular formula is C30H36ClN3O4S. The van der Waals surface area contributed by atoms with Gasteiger partial charge in [0.05, 0.1) is 10.6 Å². The zero-order valence-corrected chi connectivity index (χ0v) is 24.4. The largest absolute Gasteiger partial charge is 0.355 e. The number of hydrogen-bond acceptors (Lipinski definition) is 4. The van der Waals surface area contributed by atoms with Crippen LogP contribution in [0.1, 0.15) is 43.9 Å². The second-order valence-electron chi connectivity index (χ2n) is 9.24. The molecule has 1 N–H and O–H groups in total. The summed E-state index contributed by atoms with van der Waals surface area (Å²) in [7, 11) is -4.12. The number of carbonyl (C=O) groups excluding carboxylic acids is 2. The normalized spacial score (nSPS) is 12.0. The first-order chi connectivity index (χ1) is 18.6. The highest BCUT2D eigenvalue weighted by molar-refractivity contribution is 7.92. The molecule has 0 fully saturated rings. The predicted molar refractivity (Wildman–Crippen MR) is 156 cm³/mol. The molecule has 0 bridgehead atoms. The number of amides is 2. The molecule has 0 aliphatic heterocycles. The van der Waals surface area contributed by atoms with Crippen LogP contribution < -0.4 is 9.62 Å². The fraction of sp³-hybridized carbons (Fsp3) is 0.333. The summed E-state index contributed by atoms with van der Waals surface area (Å²) in [5.74, 6) is -0.808. The van der Waals surface area contributed by atoms with Crippen molar-refractivity contribution in [3.63, 3.8) is 0 Å². The van der Waals surface area contributed by atoms with Gasteiger partial charge < -0.3 is 10.2 Å². The lowest BCUT2D eigenvalue weighted by Gasteiger charge is -2.33. The molecule has 0 aliphatic carbocycles. The summed E-state index contributed by atoms with van der Waals surface area (Å²) in [4.78, 5) is 28.6. The molecule has 0 saturated heterocycles. The average molecular weight is 570 g/mol. The SMILES string of the molecule is CCNC(=O)[C@H](CC)N(Cc1ccccc1Cl)C(=O)CN(c1ccccc1CC)S(=O)(=O)c1ccc(C)cc1. The van der Waals surface area contributed by atoms with Crippen LogP contribution in [-0.2, 0) is 32.6 Å². The van der Waals surface area contributed by atoms with Crippen molar-refractivity contribution in [1.29, 1.82) is 0 Å². The Bertz CT molecular complexity index is 1390. The number of aryl methyl sites for hydroxylation is 2. The van der Waals surface area contributed by atoms with Crippen molar-refractivity contribution < 1.29 is 18.0 Å². The minimum absolute atomic E-state index is 0.0575. The molecule has 0 spiro atoms. The smallest absolute Gasteiger partial charge is 0.264 e. The van der Waals surface area contributed by atoms with Gasteiger partial charge in [0.15, 0.2) is 0 Å². The molecule has 2 amide bonds. The predicted octanol–water partition coefficient (Wildman–Crippen LogP) is 5.35. The van der Waals surface area contributed by atoms with E-state index in [1.54, 1.807) is 54.6 Å². The summed E-state index contributed by atoms with van der Waals surface area (Å²) in [6.45, 7) is 7.42. The minimum Gasteiger partial charge on any atom is -0.355 e. The molecule has 0 heterocycles. The number of nitrogens with one attached hydrogen (secondary N) is 1. The summed E-state index contributed by atoms with van der Waals surface area (Å²) in [6, 6.07) is 20.0. The van der Waals surface area contributed by atoms with Crippen molar-refractivity contribution in [2.45, 2.75) is 58.0 Å². The third-order valence-corrected chi connectivity index (χ3v) is 8.71. The molecule has 0 radical (unpaired) electrons. The van der Waals surface area contributed by atoms with Gasteiger partial charge in [-0.25, -0.2) is 8.42 Å². The van der Waals surface area contributed by atoms with Crippen molar-refractivity contribution in [3.8, 4) is 0 Å².